The molecule has 0 aliphatic carbocycles. The van der Waals surface area contributed by atoms with E-state index in [0.29, 0.717) is 12.3 Å². The molecule has 1 aliphatic rings. The Balaban J connectivity index is 1.98. The number of hydrogen-bond donors (Lipinski definition) is 2. The monoisotopic (exact) mass is 211 g/mol. The lowest BCUT2D eigenvalue weighted by Gasteiger charge is -2.28. The van der Waals surface area contributed by atoms with Gasteiger partial charge in [-0.1, -0.05) is 0 Å². The maximum Gasteiger partial charge on any atom is 0.127 e. The first-order valence-electron chi connectivity index (χ1n) is 5.07. The van der Waals surface area contributed by atoms with Gasteiger partial charge in [-0.25, -0.2) is 4.39 Å². The lowest BCUT2D eigenvalue weighted by atomic mass is 10.1. The highest BCUT2D eigenvalue weighted by atomic mass is 19.1. The average molecular weight is 211 g/mol. The van der Waals surface area contributed by atoms with Crippen molar-refractivity contribution in [3.05, 3.63) is 30.1 Å². The van der Waals surface area contributed by atoms with Crippen LogP contribution in [0.4, 0.5) is 4.39 Å². The van der Waals surface area contributed by atoms with E-state index in [4.69, 9.17) is 4.74 Å². The van der Waals surface area contributed by atoms with Crippen LogP contribution in [0.2, 0.25) is 0 Å². The molecule has 0 saturated carbocycles. The topological polar surface area (TPSA) is 41.5 Å². The normalized spacial score (nSPS) is 26.3. The number of aliphatic hydroxyl groups excluding tert-OH is 1. The van der Waals surface area contributed by atoms with Crippen molar-refractivity contribution >= 4 is 0 Å². The lowest BCUT2D eigenvalue weighted by Crippen LogP contribution is -2.46. The van der Waals surface area contributed by atoms with Crippen LogP contribution in [-0.2, 0) is 0 Å². The Bertz CT molecular complexity index is 315. The third-order valence-corrected chi connectivity index (χ3v) is 2.49. The van der Waals surface area contributed by atoms with Gasteiger partial charge in [0.15, 0.2) is 0 Å². The first kappa shape index (κ1) is 10.4. The summed E-state index contributed by atoms with van der Waals surface area (Å²) >= 11 is 0. The molecule has 0 aromatic heterocycles. The highest BCUT2D eigenvalue weighted by Crippen LogP contribution is 2.17. The number of hydrogen-bond acceptors (Lipinski definition) is 3. The summed E-state index contributed by atoms with van der Waals surface area (Å²) in [6.45, 7) is 1.38. The fourth-order valence-corrected chi connectivity index (χ4v) is 1.64. The summed E-state index contributed by atoms with van der Waals surface area (Å²) in [6.07, 6.45) is 0.0685. The summed E-state index contributed by atoms with van der Waals surface area (Å²) in [5.74, 6) is 0.315. The van der Waals surface area contributed by atoms with Crippen LogP contribution < -0.4 is 10.1 Å². The Hall–Kier alpha value is -1.13. The smallest absolute Gasteiger partial charge is 0.127 e. The summed E-state index contributed by atoms with van der Waals surface area (Å²) in [5.41, 5.74) is 0. The van der Waals surface area contributed by atoms with Crippen molar-refractivity contribution in [2.75, 3.05) is 13.1 Å². The second-order valence-corrected chi connectivity index (χ2v) is 3.67. The molecule has 15 heavy (non-hydrogen) atoms. The summed E-state index contributed by atoms with van der Waals surface area (Å²) in [5, 5.41) is 12.7. The molecule has 1 aromatic carbocycles. The predicted octanol–water partition coefficient (Wildman–Crippen LogP) is 0.927. The zero-order valence-electron chi connectivity index (χ0n) is 8.32. The molecule has 2 N–H and O–H groups in total. The molecule has 1 fully saturated rings. The van der Waals surface area contributed by atoms with Gasteiger partial charge in [0.1, 0.15) is 23.8 Å². The fourth-order valence-electron chi connectivity index (χ4n) is 1.64. The van der Waals surface area contributed by atoms with Gasteiger partial charge in [-0.3, -0.25) is 0 Å². The van der Waals surface area contributed by atoms with Crippen molar-refractivity contribution in [2.45, 2.75) is 18.6 Å². The predicted molar refractivity (Wildman–Crippen MR) is 54.3 cm³/mol. The third kappa shape index (κ3) is 2.67. The van der Waals surface area contributed by atoms with E-state index in [0.717, 1.165) is 13.0 Å². The van der Waals surface area contributed by atoms with Crippen LogP contribution in [0.15, 0.2) is 24.3 Å². The van der Waals surface area contributed by atoms with Crippen LogP contribution in [-0.4, -0.2) is 30.4 Å². The average Bonchev–Trinajstić information content (AvgIpc) is 2.25. The number of piperidine rings is 1. The van der Waals surface area contributed by atoms with Gasteiger partial charge in [-0.15, -0.1) is 0 Å². The highest BCUT2D eigenvalue weighted by molar-refractivity contribution is 5.22. The summed E-state index contributed by atoms with van der Waals surface area (Å²) in [6, 6.07) is 5.85. The molecule has 3 nitrogen and oxygen atoms in total. The maximum absolute atomic E-state index is 12.6. The molecule has 0 unspecified atom stereocenters. The number of ether oxygens (including phenoxy) is 1. The maximum atomic E-state index is 12.6. The van der Waals surface area contributed by atoms with Gasteiger partial charge in [0.05, 0.1) is 0 Å². The molecular weight excluding hydrogens is 197 g/mol. The number of halogens is 1. The number of aliphatic hydroxyl groups is 1. The van der Waals surface area contributed by atoms with Crippen molar-refractivity contribution in [2.24, 2.45) is 0 Å². The fraction of sp³-hybridized carbons (Fsp3) is 0.455. The van der Waals surface area contributed by atoms with E-state index in [1.807, 2.05) is 0 Å². The first-order chi connectivity index (χ1) is 7.25. The number of nitrogens with one attached hydrogen (secondary N) is 1. The van der Waals surface area contributed by atoms with Crippen LogP contribution in [0.3, 0.4) is 0 Å². The molecule has 0 spiro atoms. The van der Waals surface area contributed by atoms with Gasteiger partial charge in [-0.05, 0) is 37.2 Å². The van der Waals surface area contributed by atoms with E-state index in [1.54, 1.807) is 12.1 Å². The zero-order valence-corrected chi connectivity index (χ0v) is 8.32. The van der Waals surface area contributed by atoms with Crippen molar-refractivity contribution in [1.29, 1.82) is 0 Å². The second kappa shape index (κ2) is 4.59. The molecular formula is C11H14FNO2. The Labute approximate surface area is 87.9 Å². The minimum atomic E-state index is -0.496. The molecule has 2 atom stereocenters. The Morgan fingerprint density at radius 2 is 2.07 bits per heavy atom. The van der Waals surface area contributed by atoms with Gasteiger partial charge in [0, 0.05) is 6.54 Å². The number of rotatable bonds is 2. The van der Waals surface area contributed by atoms with Gasteiger partial charge in [0.2, 0.25) is 0 Å². The number of benzene rings is 1. The van der Waals surface area contributed by atoms with Gasteiger partial charge < -0.3 is 15.2 Å². The van der Waals surface area contributed by atoms with Gasteiger partial charge in [0.25, 0.3) is 0 Å². The molecule has 1 heterocycles. The van der Waals surface area contributed by atoms with Crippen LogP contribution in [0.5, 0.6) is 5.75 Å². The molecule has 2 rings (SSSR count). The second-order valence-electron chi connectivity index (χ2n) is 3.67. The Morgan fingerprint density at radius 1 is 1.33 bits per heavy atom. The van der Waals surface area contributed by atoms with Crippen molar-refractivity contribution in [3.63, 3.8) is 0 Å². The molecule has 4 heteroatoms. The molecule has 0 amide bonds. The van der Waals surface area contributed by atoms with E-state index in [-0.39, 0.29) is 11.9 Å². The minimum absolute atomic E-state index is 0.197. The van der Waals surface area contributed by atoms with Crippen molar-refractivity contribution in [3.8, 4) is 5.75 Å². The highest BCUT2D eigenvalue weighted by Gasteiger charge is 2.24. The molecule has 0 bridgehead atoms. The van der Waals surface area contributed by atoms with Crippen molar-refractivity contribution in [1.82, 2.24) is 5.32 Å². The molecule has 1 aromatic rings. The summed E-state index contributed by atoms with van der Waals surface area (Å²) < 4.78 is 18.2. The molecule has 1 aliphatic heterocycles. The van der Waals surface area contributed by atoms with E-state index < -0.39 is 6.10 Å². The third-order valence-electron chi connectivity index (χ3n) is 2.49. The quantitative estimate of drug-likeness (QED) is 0.764. The molecule has 82 valence electrons. The number of β-amino-alcohol motifs (C(OH)–C–C–N with tert-alkyl or cyclic N) is 1. The SMILES string of the molecule is O[C@H]1CNCC[C@H]1Oc1ccc(F)cc1. The lowest BCUT2D eigenvalue weighted by molar-refractivity contribution is 0.0162. The summed E-state index contributed by atoms with van der Waals surface area (Å²) in [4.78, 5) is 0. The van der Waals surface area contributed by atoms with Crippen molar-refractivity contribution < 1.29 is 14.2 Å². The van der Waals surface area contributed by atoms with Gasteiger partial charge in [-0.2, -0.15) is 0 Å². The van der Waals surface area contributed by atoms with E-state index in [2.05, 4.69) is 5.32 Å². The minimum Gasteiger partial charge on any atom is -0.488 e. The standard InChI is InChI=1S/C11H14FNO2/c12-8-1-3-9(4-2-8)15-11-5-6-13-7-10(11)14/h1-4,10-11,13-14H,5-7H2/t10-,11+/m0/s1. The largest absolute Gasteiger partial charge is 0.488 e. The van der Waals surface area contributed by atoms with Gasteiger partial charge >= 0.3 is 0 Å². The van der Waals surface area contributed by atoms with Crippen LogP contribution >= 0.6 is 0 Å². The van der Waals surface area contributed by atoms with E-state index in [9.17, 15) is 9.50 Å². The summed E-state index contributed by atoms with van der Waals surface area (Å²) in [7, 11) is 0. The zero-order chi connectivity index (χ0) is 10.7. The van der Waals surface area contributed by atoms with E-state index >= 15 is 0 Å². The van der Waals surface area contributed by atoms with E-state index in [1.165, 1.54) is 12.1 Å². The first-order valence-corrected chi connectivity index (χ1v) is 5.07. The van der Waals surface area contributed by atoms with Crippen LogP contribution in [0, 0.1) is 5.82 Å². The van der Waals surface area contributed by atoms with Crippen LogP contribution in [0.1, 0.15) is 6.42 Å². The van der Waals surface area contributed by atoms with Crippen LogP contribution in [0.25, 0.3) is 0 Å². The Morgan fingerprint density at radius 3 is 2.73 bits per heavy atom. The molecule has 0 radical (unpaired) electrons. The molecule has 1 saturated heterocycles. The Kier molecular flexibility index (Phi) is 3.18.